The van der Waals surface area contributed by atoms with Gasteiger partial charge >= 0.3 is 6.09 Å². The molecule has 1 heterocycles. The molecule has 0 radical (unpaired) electrons. The average molecular weight is 337 g/mol. The van der Waals surface area contributed by atoms with Crippen LogP contribution in [0.2, 0.25) is 0 Å². The second-order valence-corrected chi connectivity index (χ2v) is 5.42. The van der Waals surface area contributed by atoms with Gasteiger partial charge in [-0.1, -0.05) is 41.8 Å². The minimum Gasteiger partial charge on any atom is -0.449 e. The Hall–Kier alpha value is -1.62. The Morgan fingerprint density at radius 3 is 2.90 bits per heavy atom. The summed E-state index contributed by atoms with van der Waals surface area (Å²) >= 11 is 3.40. The van der Waals surface area contributed by atoms with Gasteiger partial charge in [-0.2, -0.15) is 0 Å². The summed E-state index contributed by atoms with van der Waals surface area (Å²) in [6, 6.07) is 9.52. The zero-order valence-electron chi connectivity index (χ0n) is 11.4. The first-order valence-electron chi connectivity index (χ1n) is 6.69. The van der Waals surface area contributed by atoms with E-state index in [1.165, 1.54) is 0 Å². The molecule has 0 aliphatic heterocycles. The van der Waals surface area contributed by atoms with Crippen molar-refractivity contribution >= 4 is 38.7 Å². The Bertz CT molecular complexity index is 601. The number of halogens is 1. The van der Waals surface area contributed by atoms with Crippen molar-refractivity contribution in [2.24, 2.45) is 0 Å². The fraction of sp³-hybridized carbons (Fsp3) is 0.333. The van der Waals surface area contributed by atoms with Crippen LogP contribution >= 0.6 is 15.9 Å². The van der Waals surface area contributed by atoms with Crippen molar-refractivity contribution in [3.05, 3.63) is 34.8 Å². The minimum atomic E-state index is -0.456. The van der Waals surface area contributed by atoms with E-state index in [9.17, 15) is 4.79 Å². The zero-order valence-corrected chi connectivity index (χ0v) is 12.9. The minimum absolute atomic E-state index is 0.443. The first kappa shape index (κ1) is 14.8. The molecule has 0 aliphatic rings. The highest BCUT2D eigenvalue weighted by Gasteiger charge is 2.05. The van der Waals surface area contributed by atoms with Gasteiger partial charge in [0, 0.05) is 9.86 Å². The summed E-state index contributed by atoms with van der Waals surface area (Å²) in [5.41, 5.74) is 0.822. The standard InChI is InChI=1S/C15H17BrN2O2/c1-2-3-4-9-20-15(19)18-14-8-6-11-5-7-12(16)10-13(11)17-14/h5-8,10H,2-4,9H2,1H3,(H,17,18,19). The van der Waals surface area contributed by atoms with Crippen LogP contribution < -0.4 is 5.32 Å². The summed E-state index contributed by atoms with van der Waals surface area (Å²) in [6.45, 7) is 2.55. The second-order valence-electron chi connectivity index (χ2n) is 4.50. The van der Waals surface area contributed by atoms with Crippen LogP contribution in [0.25, 0.3) is 10.9 Å². The number of benzene rings is 1. The van der Waals surface area contributed by atoms with E-state index in [2.05, 4.69) is 33.2 Å². The SMILES string of the molecule is CCCCCOC(=O)Nc1ccc2ccc(Br)cc2n1. The average Bonchev–Trinajstić information content (AvgIpc) is 2.43. The van der Waals surface area contributed by atoms with Crippen molar-refractivity contribution < 1.29 is 9.53 Å². The van der Waals surface area contributed by atoms with Gasteiger partial charge in [0.15, 0.2) is 0 Å². The fourth-order valence-electron chi connectivity index (χ4n) is 1.82. The van der Waals surface area contributed by atoms with E-state index in [1.807, 2.05) is 24.3 Å². The Morgan fingerprint density at radius 1 is 1.30 bits per heavy atom. The molecule has 0 unspecified atom stereocenters. The number of aromatic nitrogens is 1. The number of anilines is 1. The molecule has 0 bridgehead atoms. The van der Waals surface area contributed by atoms with Crippen LogP contribution in [0, 0.1) is 0 Å². The Labute approximate surface area is 126 Å². The maximum atomic E-state index is 11.6. The summed E-state index contributed by atoms with van der Waals surface area (Å²) in [4.78, 5) is 16.0. The lowest BCUT2D eigenvalue weighted by Gasteiger charge is -2.07. The van der Waals surface area contributed by atoms with Crippen LogP contribution in [0.3, 0.4) is 0 Å². The molecule has 1 N–H and O–H groups in total. The van der Waals surface area contributed by atoms with Crippen LogP contribution in [0.15, 0.2) is 34.8 Å². The number of fused-ring (bicyclic) bond motifs is 1. The molecule has 0 saturated carbocycles. The van der Waals surface area contributed by atoms with Gasteiger partial charge < -0.3 is 4.74 Å². The number of carbonyl (C=O) groups is 1. The normalized spacial score (nSPS) is 10.5. The highest BCUT2D eigenvalue weighted by Crippen LogP contribution is 2.20. The van der Waals surface area contributed by atoms with Crippen molar-refractivity contribution in [2.75, 3.05) is 11.9 Å². The van der Waals surface area contributed by atoms with Crippen LogP contribution in [0.4, 0.5) is 10.6 Å². The van der Waals surface area contributed by atoms with Gasteiger partial charge in [0.2, 0.25) is 0 Å². The number of unbranched alkanes of at least 4 members (excludes halogenated alkanes) is 2. The highest BCUT2D eigenvalue weighted by atomic mass is 79.9. The van der Waals surface area contributed by atoms with E-state index in [-0.39, 0.29) is 0 Å². The number of hydrogen-bond acceptors (Lipinski definition) is 3. The summed E-state index contributed by atoms with van der Waals surface area (Å²) in [7, 11) is 0. The summed E-state index contributed by atoms with van der Waals surface area (Å²) < 4.78 is 6.04. The first-order valence-corrected chi connectivity index (χ1v) is 7.48. The number of carbonyl (C=O) groups excluding carboxylic acids is 1. The molecule has 2 aromatic rings. The molecular formula is C15H17BrN2O2. The number of ether oxygens (including phenoxy) is 1. The Morgan fingerprint density at radius 2 is 2.10 bits per heavy atom. The number of nitrogens with zero attached hydrogens (tertiary/aromatic N) is 1. The maximum Gasteiger partial charge on any atom is 0.412 e. The summed E-state index contributed by atoms with van der Waals surface area (Å²) in [5.74, 6) is 0.496. The molecule has 4 nitrogen and oxygen atoms in total. The van der Waals surface area contributed by atoms with E-state index < -0.39 is 6.09 Å². The lowest BCUT2D eigenvalue weighted by molar-refractivity contribution is 0.159. The molecule has 1 aromatic carbocycles. The van der Waals surface area contributed by atoms with E-state index in [0.29, 0.717) is 12.4 Å². The Balaban J connectivity index is 1.97. The predicted octanol–water partition coefficient (Wildman–Crippen LogP) is 4.74. The molecule has 1 amide bonds. The zero-order chi connectivity index (χ0) is 14.4. The molecular weight excluding hydrogens is 320 g/mol. The highest BCUT2D eigenvalue weighted by molar-refractivity contribution is 9.10. The van der Waals surface area contributed by atoms with Gasteiger partial charge in [-0.25, -0.2) is 9.78 Å². The maximum absolute atomic E-state index is 11.6. The molecule has 5 heteroatoms. The molecule has 0 aliphatic carbocycles. The van der Waals surface area contributed by atoms with Gasteiger partial charge in [-0.15, -0.1) is 0 Å². The van der Waals surface area contributed by atoms with Gasteiger partial charge in [0.05, 0.1) is 12.1 Å². The van der Waals surface area contributed by atoms with Gasteiger partial charge in [0.25, 0.3) is 0 Å². The van der Waals surface area contributed by atoms with Crippen molar-refractivity contribution in [1.82, 2.24) is 4.98 Å². The Kier molecular flexibility index (Phi) is 5.35. The molecule has 0 spiro atoms. The second kappa shape index (κ2) is 7.24. The predicted molar refractivity (Wildman–Crippen MR) is 83.9 cm³/mol. The lowest BCUT2D eigenvalue weighted by atomic mass is 10.2. The van der Waals surface area contributed by atoms with Crippen molar-refractivity contribution in [2.45, 2.75) is 26.2 Å². The first-order chi connectivity index (χ1) is 9.69. The quantitative estimate of drug-likeness (QED) is 0.802. The molecule has 0 fully saturated rings. The molecule has 2 rings (SSSR count). The molecule has 1 aromatic heterocycles. The van der Waals surface area contributed by atoms with Crippen molar-refractivity contribution in [1.29, 1.82) is 0 Å². The lowest BCUT2D eigenvalue weighted by Crippen LogP contribution is -2.15. The molecule has 106 valence electrons. The van der Waals surface area contributed by atoms with Crippen molar-refractivity contribution in [3.63, 3.8) is 0 Å². The monoisotopic (exact) mass is 336 g/mol. The number of rotatable bonds is 5. The van der Waals surface area contributed by atoms with Crippen LogP contribution in [0.5, 0.6) is 0 Å². The third-order valence-corrected chi connectivity index (χ3v) is 3.36. The number of amides is 1. The van der Waals surface area contributed by atoms with Crippen molar-refractivity contribution in [3.8, 4) is 0 Å². The number of hydrogen-bond donors (Lipinski definition) is 1. The third kappa shape index (κ3) is 4.20. The van der Waals surface area contributed by atoms with E-state index in [1.54, 1.807) is 6.07 Å². The van der Waals surface area contributed by atoms with Crippen LogP contribution in [0.1, 0.15) is 26.2 Å². The molecule has 0 atom stereocenters. The number of pyridine rings is 1. The topological polar surface area (TPSA) is 51.2 Å². The third-order valence-electron chi connectivity index (χ3n) is 2.87. The van der Waals surface area contributed by atoms with Crippen LogP contribution in [-0.2, 0) is 4.74 Å². The fourth-order valence-corrected chi connectivity index (χ4v) is 2.17. The summed E-state index contributed by atoms with van der Waals surface area (Å²) in [5, 5.41) is 3.67. The van der Waals surface area contributed by atoms with Gasteiger partial charge in [-0.3, -0.25) is 5.32 Å². The molecule has 20 heavy (non-hydrogen) atoms. The van der Waals surface area contributed by atoms with Crippen LogP contribution in [-0.4, -0.2) is 17.7 Å². The van der Waals surface area contributed by atoms with Gasteiger partial charge in [0.1, 0.15) is 5.82 Å². The van der Waals surface area contributed by atoms with E-state index in [0.717, 1.165) is 34.6 Å². The van der Waals surface area contributed by atoms with E-state index >= 15 is 0 Å². The largest absolute Gasteiger partial charge is 0.449 e. The summed E-state index contributed by atoms with van der Waals surface area (Å²) in [6.07, 6.45) is 2.60. The van der Waals surface area contributed by atoms with E-state index in [4.69, 9.17) is 4.74 Å². The number of nitrogens with one attached hydrogen (secondary N) is 1. The van der Waals surface area contributed by atoms with Gasteiger partial charge in [-0.05, 0) is 30.7 Å². The smallest absolute Gasteiger partial charge is 0.412 e. The molecule has 0 saturated heterocycles.